The maximum Gasteiger partial charge on any atom is 0.326 e. The first kappa shape index (κ1) is 15.0. The molecule has 2 amide bonds. The van der Waals surface area contributed by atoms with Gasteiger partial charge in [-0.25, -0.2) is 9.59 Å². The predicted molar refractivity (Wildman–Crippen MR) is 74.2 cm³/mol. The van der Waals surface area contributed by atoms with E-state index in [4.69, 9.17) is 5.11 Å². The Hall–Kier alpha value is -2.04. The lowest BCUT2D eigenvalue weighted by atomic mass is 10.0. The van der Waals surface area contributed by atoms with Crippen molar-refractivity contribution in [3.63, 3.8) is 0 Å². The molecule has 1 aromatic carbocycles. The quantitative estimate of drug-likeness (QED) is 0.765. The highest BCUT2D eigenvalue weighted by Gasteiger charge is 2.21. The third-order valence-corrected chi connectivity index (χ3v) is 2.70. The van der Waals surface area contributed by atoms with Gasteiger partial charge in [0, 0.05) is 5.69 Å². The summed E-state index contributed by atoms with van der Waals surface area (Å²) >= 11 is 0. The second kappa shape index (κ2) is 6.78. The molecule has 0 radical (unpaired) electrons. The maximum atomic E-state index is 11.8. The minimum absolute atomic E-state index is 0.194. The molecule has 1 aromatic rings. The molecule has 19 heavy (non-hydrogen) atoms. The molecule has 0 aromatic heterocycles. The fourth-order valence-corrected chi connectivity index (χ4v) is 1.72. The monoisotopic (exact) mass is 264 g/mol. The lowest BCUT2D eigenvalue weighted by molar-refractivity contribution is -0.139. The van der Waals surface area contributed by atoms with Crippen molar-refractivity contribution in [3.05, 3.63) is 29.8 Å². The van der Waals surface area contributed by atoms with Crippen LogP contribution in [0.5, 0.6) is 0 Å². The van der Waals surface area contributed by atoms with Crippen LogP contribution in [0.15, 0.2) is 24.3 Å². The summed E-state index contributed by atoms with van der Waals surface area (Å²) in [6, 6.07) is 5.96. The third-order valence-electron chi connectivity index (χ3n) is 2.70. The molecular weight excluding hydrogens is 244 g/mol. The summed E-state index contributed by atoms with van der Waals surface area (Å²) in [6.45, 7) is 5.70. The van der Waals surface area contributed by atoms with Gasteiger partial charge in [-0.15, -0.1) is 0 Å². The Morgan fingerprint density at radius 1 is 1.26 bits per heavy atom. The number of hydrogen-bond donors (Lipinski definition) is 3. The average Bonchev–Trinajstić information content (AvgIpc) is 2.30. The van der Waals surface area contributed by atoms with E-state index in [-0.39, 0.29) is 5.92 Å². The van der Waals surface area contributed by atoms with Gasteiger partial charge in [-0.2, -0.15) is 0 Å². The SMILES string of the molecule is Cc1ccccc1NC(=O)N[C@@H](CC(C)C)C(=O)O. The van der Waals surface area contributed by atoms with Gasteiger partial charge in [0.25, 0.3) is 0 Å². The second-order valence-electron chi connectivity index (χ2n) is 4.93. The number of rotatable bonds is 5. The van der Waals surface area contributed by atoms with E-state index >= 15 is 0 Å². The van der Waals surface area contributed by atoms with Crippen LogP contribution in [0, 0.1) is 12.8 Å². The number of carbonyl (C=O) groups excluding carboxylic acids is 1. The molecule has 0 aliphatic heterocycles. The van der Waals surface area contributed by atoms with Crippen molar-refractivity contribution in [2.75, 3.05) is 5.32 Å². The van der Waals surface area contributed by atoms with E-state index in [1.807, 2.05) is 39.0 Å². The van der Waals surface area contributed by atoms with Gasteiger partial charge in [0.05, 0.1) is 0 Å². The number of nitrogens with one attached hydrogen (secondary N) is 2. The van der Waals surface area contributed by atoms with E-state index in [0.29, 0.717) is 12.1 Å². The van der Waals surface area contributed by atoms with Crippen LogP contribution in [0.3, 0.4) is 0 Å². The van der Waals surface area contributed by atoms with Crippen molar-refractivity contribution in [2.24, 2.45) is 5.92 Å². The number of benzene rings is 1. The lowest BCUT2D eigenvalue weighted by Crippen LogP contribution is -2.43. The molecule has 0 bridgehead atoms. The molecule has 0 aliphatic carbocycles. The summed E-state index contributed by atoms with van der Waals surface area (Å²) in [4.78, 5) is 22.8. The predicted octanol–water partition coefficient (Wildman–Crippen LogP) is 2.62. The molecule has 5 nitrogen and oxygen atoms in total. The van der Waals surface area contributed by atoms with E-state index in [1.54, 1.807) is 6.07 Å². The number of para-hydroxylation sites is 1. The van der Waals surface area contributed by atoms with Gasteiger partial charge >= 0.3 is 12.0 Å². The third kappa shape index (κ3) is 4.99. The molecule has 0 unspecified atom stereocenters. The molecule has 5 heteroatoms. The van der Waals surface area contributed by atoms with Crippen LogP contribution in [0.4, 0.5) is 10.5 Å². The molecule has 1 atom stereocenters. The Balaban J connectivity index is 2.63. The standard InChI is InChI=1S/C14H20N2O3/c1-9(2)8-12(13(17)18)16-14(19)15-11-7-5-4-6-10(11)3/h4-7,9,12H,8H2,1-3H3,(H,17,18)(H2,15,16,19)/t12-/m0/s1. The fraction of sp³-hybridized carbons (Fsp3) is 0.429. The lowest BCUT2D eigenvalue weighted by Gasteiger charge is -2.17. The van der Waals surface area contributed by atoms with Crippen molar-refractivity contribution in [1.82, 2.24) is 5.32 Å². The maximum absolute atomic E-state index is 11.8. The molecule has 3 N–H and O–H groups in total. The Bertz CT molecular complexity index is 458. The highest BCUT2D eigenvalue weighted by atomic mass is 16.4. The van der Waals surface area contributed by atoms with Gasteiger partial charge in [-0.3, -0.25) is 0 Å². The molecule has 0 aliphatic rings. The Kier molecular flexibility index (Phi) is 5.36. The summed E-state index contributed by atoms with van der Waals surface area (Å²) in [5, 5.41) is 14.2. The summed E-state index contributed by atoms with van der Waals surface area (Å²) in [5.41, 5.74) is 1.60. The number of aryl methyl sites for hydroxylation is 1. The number of hydrogen-bond acceptors (Lipinski definition) is 2. The minimum Gasteiger partial charge on any atom is -0.480 e. The number of amides is 2. The van der Waals surface area contributed by atoms with Crippen molar-refractivity contribution >= 4 is 17.7 Å². The highest BCUT2D eigenvalue weighted by Crippen LogP contribution is 2.13. The second-order valence-corrected chi connectivity index (χ2v) is 4.93. The zero-order chi connectivity index (χ0) is 14.4. The number of urea groups is 1. The summed E-state index contributed by atoms with van der Waals surface area (Å²) in [6.07, 6.45) is 0.399. The molecule has 0 spiro atoms. The van der Waals surface area contributed by atoms with Crippen LogP contribution in [0.2, 0.25) is 0 Å². The van der Waals surface area contributed by atoms with E-state index in [1.165, 1.54) is 0 Å². The molecule has 0 heterocycles. The summed E-state index contributed by atoms with van der Waals surface area (Å²) in [5.74, 6) is -0.825. The van der Waals surface area contributed by atoms with Gasteiger partial charge < -0.3 is 15.7 Å². The van der Waals surface area contributed by atoms with Crippen molar-refractivity contribution < 1.29 is 14.7 Å². The van der Waals surface area contributed by atoms with Crippen molar-refractivity contribution in [2.45, 2.75) is 33.2 Å². The first-order valence-electron chi connectivity index (χ1n) is 6.26. The number of carbonyl (C=O) groups is 2. The largest absolute Gasteiger partial charge is 0.480 e. The zero-order valence-corrected chi connectivity index (χ0v) is 11.4. The smallest absolute Gasteiger partial charge is 0.326 e. The van der Waals surface area contributed by atoms with Gasteiger partial charge in [0.2, 0.25) is 0 Å². The van der Waals surface area contributed by atoms with Crippen molar-refractivity contribution in [1.29, 1.82) is 0 Å². The fourth-order valence-electron chi connectivity index (χ4n) is 1.72. The van der Waals surface area contributed by atoms with Crippen molar-refractivity contribution in [3.8, 4) is 0 Å². The van der Waals surface area contributed by atoms with Gasteiger partial charge in [0.1, 0.15) is 6.04 Å². The number of aliphatic carboxylic acids is 1. The molecular formula is C14H20N2O3. The number of carboxylic acids is 1. The Morgan fingerprint density at radius 3 is 2.42 bits per heavy atom. The highest BCUT2D eigenvalue weighted by molar-refractivity contribution is 5.92. The van der Waals surface area contributed by atoms with E-state index in [0.717, 1.165) is 5.56 Å². The normalized spacial score (nSPS) is 12.0. The van der Waals surface area contributed by atoms with Crippen LogP contribution in [0.1, 0.15) is 25.8 Å². The number of anilines is 1. The van der Waals surface area contributed by atoms with Crippen LogP contribution in [-0.2, 0) is 4.79 Å². The summed E-state index contributed by atoms with van der Waals surface area (Å²) in [7, 11) is 0. The molecule has 0 saturated heterocycles. The van der Waals surface area contributed by atoms with Crippen LogP contribution in [0.25, 0.3) is 0 Å². The van der Waals surface area contributed by atoms with Gasteiger partial charge in [-0.05, 0) is 30.9 Å². The van der Waals surface area contributed by atoms with E-state index in [2.05, 4.69) is 10.6 Å². The van der Waals surface area contributed by atoms with Crippen LogP contribution >= 0.6 is 0 Å². The first-order chi connectivity index (χ1) is 8.90. The van der Waals surface area contributed by atoms with E-state index < -0.39 is 18.0 Å². The topological polar surface area (TPSA) is 78.4 Å². The Labute approximate surface area is 113 Å². The zero-order valence-electron chi connectivity index (χ0n) is 11.4. The molecule has 0 fully saturated rings. The van der Waals surface area contributed by atoms with Gasteiger partial charge in [-0.1, -0.05) is 32.0 Å². The minimum atomic E-state index is -1.02. The van der Waals surface area contributed by atoms with Crippen LogP contribution < -0.4 is 10.6 Å². The molecule has 104 valence electrons. The number of carboxylic acid groups (broad SMARTS) is 1. The Morgan fingerprint density at radius 2 is 1.89 bits per heavy atom. The molecule has 0 saturated carbocycles. The van der Waals surface area contributed by atoms with Crippen LogP contribution in [-0.4, -0.2) is 23.1 Å². The van der Waals surface area contributed by atoms with Gasteiger partial charge in [0.15, 0.2) is 0 Å². The molecule has 1 rings (SSSR count). The van der Waals surface area contributed by atoms with E-state index in [9.17, 15) is 9.59 Å². The average molecular weight is 264 g/mol. The first-order valence-corrected chi connectivity index (χ1v) is 6.26. The summed E-state index contributed by atoms with van der Waals surface area (Å²) < 4.78 is 0.